The zero-order chi connectivity index (χ0) is 14.1. The molecule has 4 nitrogen and oxygen atoms in total. The highest BCUT2D eigenvalue weighted by Gasteiger charge is 2.26. The number of carbonyl (C=O) groups is 1. The van der Waals surface area contributed by atoms with E-state index in [1.54, 1.807) is 6.07 Å². The molecule has 1 heterocycles. The van der Waals surface area contributed by atoms with Gasteiger partial charge in [-0.2, -0.15) is 0 Å². The van der Waals surface area contributed by atoms with Crippen LogP contribution in [0.15, 0.2) is 42.5 Å². The number of phenols is 1. The molecular formula is C15H13ClN2O2. The van der Waals surface area contributed by atoms with Crippen LogP contribution in [0.1, 0.15) is 5.56 Å². The first-order chi connectivity index (χ1) is 9.63. The Kier molecular flexibility index (Phi) is 3.24. The molecule has 0 spiro atoms. The number of carbonyl (C=O) groups excluding carboxylic acids is 1. The summed E-state index contributed by atoms with van der Waals surface area (Å²) in [4.78, 5) is 12.2. The third kappa shape index (κ3) is 2.42. The SMILES string of the molecule is O=C(Nc1ccc(O)c(Cl)c1)[C@@H]1Cc2ccccc2N1. The lowest BCUT2D eigenvalue weighted by molar-refractivity contribution is -0.116. The summed E-state index contributed by atoms with van der Waals surface area (Å²) in [5.74, 6) is -0.126. The molecule has 0 saturated carbocycles. The normalized spacial score (nSPS) is 16.4. The Morgan fingerprint density at radius 3 is 2.85 bits per heavy atom. The van der Waals surface area contributed by atoms with Crippen LogP contribution in [0.3, 0.4) is 0 Å². The van der Waals surface area contributed by atoms with Crippen LogP contribution >= 0.6 is 11.6 Å². The van der Waals surface area contributed by atoms with Crippen LogP contribution in [-0.4, -0.2) is 17.1 Å². The van der Waals surface area contributed by atoms with Gasteiger partial charge in [0.25, 0.3) is 0 Å². The van der Waals surface area contributed by atoms with E-state index in [1.165, 1.54) is 12.1 Å². The summed E-state index contributed by atoms with van der Waals surface area (Å²) in [6, 6.07) is 12.2. The zero-order valence-electron chi connectivity index (χ0n) is 10.6. The number of phenolic OH excluding ortho intramolecular Hbond substituents is 1. The molecule has 0 radical (unpaired) electrons. The summed E-state index contributed by atoms with van der Waals surface area (Å²) in [6.45, 7) is 0. The Morgan fingerprint density at radius 1 is 1.30 bits per heavy atom. The summed E-state index contributed by atoms with van der Waals surface area (Å²) in [7, 11) is 0. The second-order valence-electron chi connectivity index (χ2n) is 4.71. The number of benzene rings is 2. The second kappa shape index (κ2) is 5.06. The lowest BCUT2D eigenvalue weighted by Gasteiger charge is -2.12. The number of fused-ring (bicyclic) bond motifs is 1. The number of aromatic hydroxyl groups is 1. The first-order valence-electron chi connectivity index (χ1n) is 6.27. The molecule has 1 amide bonds. The number of nitrogens with one attached hydrogen (secondary N) is 2. The molecular weight excluding hydrogens is 276 g/mol. The molecule has 1 aliphatic rings. The summed E-state index contributed by atoms with van der Waals surface area (Å²) in [5.41, 5.74) is 2.70. The van der Waals surface area contributed by atoms with Crippen LogP contribution in [0.25, 0.3) is 0 Å². The van der Waals surface area contributed by atoms with Crippen molar-refractivity contribution in [3.63, 3.8) is 0 Å². The highest BCUT2D eigenvalue weighted by molar-refractivity contribution is 6.32. The van der Waals surface area contributed by atoms with Gasteiger partial charge in [0.2, 0.25) is 5.91 Å². The molecule has 0 aliphatic carbocycles. The topological polar surface area (TPSA) is 61.4 Å². The standard InChI is InChI=1S/C15H13ClN2O2/c16-11-8-10(5-6-14(11)19)17-15(20)13-7-9-3-1-2-4-12(9)18-13/h1-6,8,13,18-19H,7H2,(H,17,20)/t13-/m0/s1. The minimum absolute atomic E-state index is 0.00365. The van der Waals surface area contributed by atoms with Crippen molar-refractivity contribution < 1.29 is 9.90 Å². The van der Waals surface area contributed by atoms with Crippen molar-refractivity contribution >= 4 is 28.9 Å². The number of hydrogen-bond donors (Lipinski definition) is 3. The van der Waals surface area contributed by atoms with Gasteiger partial charge in [0.1, 0.15) is 11.8 Å². The van der Waals surface area contributed by atoms with E-state index in [2.05, 4.69) is 10.6 Å². The van der Waals surface area contributed by atoms with Gasteiger partial charge in [0, 0.05) is 17.8 Å². The zero-order valence-corrected chi connectivity index (χ0v) is 11.3. The lowest BCUT2D eigenvalue weighted by atomic mass is 10.1. The van der Waals surface area contributed by atoms with Crippen LogP contribution in [0, 0.1) is 0 Å². The molecule has 5 heteroatoms. The Bertz CT molecular complexity index is 648. The van der Waals surface area contributed by atoms with E-state index < -0.39 is 0 Å². The average Bonchev–Trinajstić information content (AvgIpc) is 2.87. The van der Waals surface area contributed by atoms with Gasteiger partial charge in [-0.25, -0.2) is 0 Å². The fraction of sp³-hybridized carbons (Fsp3) is 0.133. The molecule has 0 saturated heterocycles. The first kappa shape index (κ1) is 12.8. The van der Waals surface area contributed by atoms with E-state index in [0.717, 1.165) is 11.3 Å². The third-order valence-corrected chi connectivity index (χ3v) is 3.61. The Morgan fingerprint density at radius 2 is 2.10 bits per heavy atom. The van der Waals surface area contributed by atoms with E-state index in [9.17, 15) is 9.90 Å². The fourth-order valence-corrected chi connectivity index (χ4v) is 2.45. The molecule has 3 rings (SSSR count). The van der Waals surface area contributed by atoms with Gasteiger partial charge in [0.15, 0.2) is 0 Å². The molecule has 1 aliphatic heterocycles. The van der Waals surface area contributed by atoms with Gasteiger partial charge in [0.05, 0.1) is 5.02 Å². The number of halogens is 1. The Labute approximate surface area is 121 Å². The van der Waals surface area contributed by atoms with Gasteiger partial charge in [-0.05, 0) is 29.8 Å². The summed E-state index contributed by atoms with van der Waals surface area (Å²) in [5, 5.41) is 15.5. The maximum atomic E-state index is 12.2. The second-order valence-corrected chi connectivity index (χ2v) is 5.12. The van der Waals surface area contributed by atoms with E-state index in [1.807, 2.05) is 24.3 Å². The van der Waals surface area contributed by atoms with E-state index in [4.69, 9.17) is 11.6 Å². The highest BCUT2D eigenvalue weighted by Crippen LogP contribution is 2.28. The maximum absolute atomic E-state index is 12.2. The van der Waals surface area contributed by atoms with Gasteiger partial charge in [-0.1, -0.05) is 29.8 Å². The summed E-state index contributed by atoms with van der Waals surface area (Å²) < 4.78 is 0. The molecule has 20 heavy (non-hydrogen) atoms. The summed E-state index contributed by atoms with van der Waals surface area (Å²) in [6.07, 6.45) is 0.661. The van der Waals surface area contributed by atoms with E-state index >= 15 is 0 Å². The van der Waals surface area contributed by atoms with Gasteiger partial charge >= 0.3 is 0 Å². The Balaban J connectivity index is 1.71. The maximum Gasteiger partial charge on any atom is 0.247 e. The largest absolute Gasteiger partial charge is 0.506 e. The van der Waals surface area contributed by atoms with Crippen LogP contribution in [-0.2, 0) is 11.2 Å². The van der Waals surface area contributed by atoms with Crippen LogP contribution in [0.2, 0.25) is 5.02 Å². The number of anilines is 2. The molecule has 0 fully saturated rings. The fourth-order valence-electron chi connectivity index (χ4n) is 2.27. The van der Waals surface area contributed by atoms with Gasteiger partial charge < -0.3 is 15.7 Å². The van der Waals surface area contributed by atoms with Crippen molar-refractivity contribution in [2.24, 2.45) is 0 Å². The average molecular weight is 289 g/mol. The van der Waals surface area contributed by atoms with Crippen molar-refractivity contribution in [3.05, 3.63) is 53.1 Å². The summed E-state index contributed by atoms with van der Waals surface area (Å²) >= 11 is 5.81. The van der Waals surface area contributed by atoms with Gasteiger partial charge in [-0.15, -0.1) is 0 Å². The van der Waals surface area contributed by atoms with Crippen LogP contribution in [0.4, 0.5) is 11.4 Å². The van der Waals surface area contributed by atoms with Crippen molar-refractivity contribution in [1.29, 1.82) is 0 Å². The van der Waals surface area contributed by atoms with Crippen LogP contribution in [0.5, 0.6) is 5.75 Å². The van der Waals surface area contributed by atoms with Crippen LogP contribution < -0.4 is 10.6 Å². The van der Waals surface area contributed by atoms with Crippen molar-refractivity contribution in [2.45, 2.75) is 12.5 Å². The van der Waals surface area contributed by atoms with E-state index in [-0.39, 0.29) is 22.7 Å². The number of para-hydroxylation sites is 1. The molecule has 2 aromatic carbocycles. The molecule has 0 aromatic heterocycles. The predicted octanol–water partition coefficient (Wildman–Crippen LogP) is 3.02. The van der Waals surface area contributed by atoms with Crippen molar-refractivity contribution in [2.75, 3.05) is 10.6 Å². The predicted molar refractivity (Wildman–Crippen MR) is 79.3 cm³/mol. The molecule has 3 N–H and O–H groups in total. The number of hydrogen-bond acceptors (Lipinski definition) is 3. The van der Waals surface area contributed by atoms with Gasteiger partial charge in [-0.3, -0.25) is 4.79 Å². The third-order valence-electron chi connectivity index (χ3n) is 3.30. The minimum Gasteiger partial charge on any atom is -0.506 e. The Hall–Kier alpha value is -2.20. The monoisotopic (exact) mass is 288 g/mol. The molecule has 0 bridgehead atoms. The quantitative estimate of drug-likeness (QED) is 0.745. The van der Waals surface area contributed by atoms with E-state index in [0.29, 0.717) is 12.1 Å². The molecule has 102 valence electrons. The smallest absolute Gasteiger partial charge is 0.247 e. The lowest BCUT2D eigenvalue weighted by Crippen LogP contribution is -2.32. The molecule has 0 unspecified atom stereocenters. The number of amides is 1. The first-order valence-corrected chi connectivity index (χ1v) is 6.65. The van der Waals surface area contributed by atoms with Crippen molar-refractivity contribution in [3.8, 4) is 5.75 Å². The molecule has 2 aromatic rings. The highest BCUT2D eigenvalue weighted by atomic mass is 35.5. The molecule has 1 atom stereocenters. The van der Waals surface area contributed by atoms with Crippen molar-refractivity contribution in [1.82, 2.24) is 0 Å². The minimum atomic E-state index is -0.292. The number of rotatable bonds is 2.